The number of anilines is 3. The quantitative estimate of drug-likeness (QED) is 0.699. The highest BCUT2D eigenvalue weighted by Crippen LogP contribution is 2.38. The molecule has 0 bridgehead atoms. The van der Waals surface area contributed by atoms with E-state index in [1.54, 1.807) is 38.6 Å². The molecule has 1 aliphatic rings. The van der Waals surface area contributed by atoms with Crippen LogP contribution in [0.5, 0.6) is 11.5 Å². The number of ether oxygens (including phenoxy) is 2. The zero-order valence-electron chi connectivity index (χ0n) is 16.7. The second-order valence-electron chi connectivity index (χ2n) is 6.97. The summed E-state index contributed by atoms with van der Waals surface area (Å²) in [6.45, 7) is 2.18. The Morgan fingerprint density at radius 3 is 2.72 bits per heavy atom. The van der Waals surface area contributed by atoms with E-state index in [1.807, 2.05) is 18.2 Å². The van der Waals surface area contributed by atoms with E-state index in [2.05, 4.69) is 40.3 Å². The number of nitrogens with one attached hydrogen (secondary N) is 1. The highest BCUT2D eigenvalue weighted by Gasteiger charge is 2.27. The van der Waals surface area contributed by atoms with Crippen molar-refractivity contribution < 1.29 is 14.3 Å². The number of carbonyl (C=O) groups excluding carboxylic acids is 1. The zero-order chi connectivity index (χ0) is 20.4. The van der Waals surface area contributed by atoms with Crippen LogP contribution in [-0.4, -0.2) is 31.2 Å². The van der Waals surface area contributed by atoms with Gasteiger partial charge in [0.15, 0.2) is 0 Å². The summed E-state index contributed by atoms with van der Waals surface area (Å²) in [4.78, 5) is 19.4. The third-order valence-corrected chi connectivity index (χ3v) is 5.12. The fraction of sp³-hybridized carbons (Fsp3) is 0.217. The molecule has 1 aromatic heterocycles. The van der Waals surface area contributed by atoms with Gasteiger partial charge in [-0.3, -0.25) is 9.78 Å². The molecule has 29 heavy (non-hydrogen) atoms. The third-order valence-electron chi connectivity index (χ3n) is 5.12. The fourth-order valence-electron chi connectivity index (χ4n) is 3.75. The summed E-state index contributed by atoms with van der Waals surface area (Å²) in [7, 11) is 3.13. The molecule has 0 spiro atoms. The fourth-order valence-corrected chi connectivity index (χ4v) is 3.75. The molecule has 2 heterocycles. The van der Waals surface area contributed by atoms with Crippen molar-refractivity contribution in [3.05, 3.63) is 72.1 Å². The maximum Gasteiger partial charge on any atom is 0.274 e. The van der Waals surface area contributed by atoms with E-state index in [9.17, 15) is 4.79 Å². The monoisotopic (exact) mass is 389 g/mol. The van der Waals surface area contributed by atoms with Gasteiger partial charge in [0, 0.05) is 29.7 Å². The normalized spacial score (nSPS) is 15.0. The Balaban J connectivity index is 1.62. The van der Waals surface area contributed by atoms with E-state index in [4.69, 9.17) is 9.47 Å². The van der Waals surface area contributed by atoms with Crippen LogP contribution >= 0.6 is 0 Å². The highest BCUT2D eigenvalue weighted by atomic mass is 16.5. The second-order valence-corrected chi connectivity index (χ2v) is 6.97. The van der Waals surface area contributed by atoms with Gasteiger partial charge in [-0.1, -0.05) is 18.2 Å². The van der Waals surface area contributed by atoms with Gasteiger partial charge >= 0.3 is 0 Å². The summed E-state index contributed by atoms with van der Waals surface area (Å²) >= 11 is 0. The summed E-state index contributed by atoms with van der Waals surface area (Å²) in [6, 6.07) is 17.7. The van der Waals surface area contributed by atoms with Crippen LogP contribution in [0.2, 0.25) is 0 Å². The summed E-state index contributed by atoms with van der Waals surface area (Å²) in [5.41, 5.74) is 4.30. The van der Waals surface area contributed by atoms with Crippen LogP contribution in [0.1, 0.15) is 23.0 Å². The van der Waals surface area contributed by atoms with E-state index in [0.29, 0.717) is 28.9 Å². The number of carbonyl (C=O) groups is 1. The van der Waals surface area contributed by atoms with Gasteiger partial charge in [-0.15, -0.1) is 0 Å². The van der Waals surface area contributed by atoms with Crippen LogP contribution in [-0.2, 0) is 6.42 Å². The molecular formula is C23H23N3O3. The molecule has 148 valence electrons. The molecule has 0 fully saturated rings. The first kappa shape index (κ1) is 18.8. The van der Waals surface area contributed by atoms with Crippen LogP contribution in [0.15, 0.2) is 60.8 Å². The van der Waals surface area contributed by atoms with Crippen molar-refractivity contribution in [2.24, 2.45) is 0 Å². The SMILES string of the molecule is COc1ccc(OC)c(NC(=O)c2cc(N3c4ccccc4CC3C)ccn2)c1. The summed E-state index contributed by atoms with van der Waals surface area (Å²) in [5, 5.41) is 2.88. The number of nitrogens with zero attached hydrogens (tertiary/aromatic N) is 2. The number of fused-ring (bicyclic) bond motifs is 1. The van der Waals surface area contributed by atoms with E-state index in [-0.39, 0.29) is 5.91 Å². The van der Waals surface area contributed by atoms with Gasteiger partial charge in [0.05, 0.1) is 19.9 Å². The molecule has 0 saturated carbocycles. The van der Waals surface area contributed by atoms with Crippen molar-refractivity contribution in [2.75, 3.05) is 24.4 Å². The minimum atomic E-state index is -0.307. The molecule has 1 aliphatic heterocycles. The van der Waals surface area contributed by atoms with Gasteiger partial charge in [-0.05, 0) is 49.2 Å². The van der Waals surface area contributed by atoms with E-state index < -0.39 is 0 Å². The first-order valence-corrected chi connectivity index (χ1v) is 9.47. The van der Waals surface area contributed by atoms with Crippen molar-refractivity contribution in [1.82, 2.24) is 4.98 Å². The number of hydrogen-bond donors (Lipinski definition) is 1. The second kappa shape index (κ2) is 7.83. The lowest BCUT2D eigenvalue weighted by atomic mass is 10.1. The summed E-state index contributed by atoms with van der Waals surface area (Å²) in [5.74, 6) is 0.876. The standard InChI is InChI=1S/C23H23N3O3/c1-15-12-16-6-4-5-7-21(16)26(15)17-10-11-24-20(13-17)23(27)25-19-14-18(28-2)8-9-22(19)29-3/h4-11,13-15H,12H2,1-3H3,(H,25,27). The molecule has 1 unspecified atom stereocenters. The van der Waals surface area contributed by atoms with Crippen molar-refractivity contribution in [1.29, 1.82) is 0 Å². The number of rotatable bonds is 5. The predicted molar refractivity (Wildman–Crippen MR) is 113 cm³/mol. The van der Waals surface area contributed by atoms with Gasteiger partial charge < -0.3 is 19.7 Å². The minimum absolute atomic E-state index is 0.307. The van der Waals surface area contributed by atoms with Crippen molar-refractivity contribution >= 4 is 23.0 Å². The van der Waals surface area contributed by atoms with E-state index in [0.717, 1.165) is 12.1 Å². The zero-order valence-corrected chi connectivity index (χ0v) is 16.7. The lowest BCUT2D eigenvalue weighted by Crippen LogP contribution is -2.24. The molecule has 4 rings (SSSR count). The lowest BCUT2D eigenvalue weighted by molar-refractivity contribution is 0.102. The molecule has 0 radical (unpaired) electrons. The van der Waals surface area contributed by atoms with Gasteiger partial charge in [-0.2, -0.15) is 0 Å². The Morgan fingerprint density at radius 2 is 1.93 bits per heavy atom. The first-order valence-electron chi connectivity index (χ1n) is 9.47. The smallest absolute Gasteiger partial charge is 0.274 e. The van der Waals surface area contributed by atoms with Crippen molar-refractivity contribution in [2.45, 2.75) is 19.4 Å². The average molecular weight is 389 g/mol. The molecule has 0 saturated heterocycles. The molecule has 2 aromatic carbocycles. The third kappa shape index (κ3) is 3.61. The number of aromatic nitrogens is 1. The van der Waals surface area contributed by atoms with Crippen LogP contribution < -0.4 is 19.7 Å². The molecule has 6 nitrogen and oxygen atoms in total. The predicted octanol–water partition coefficient (Wildman–Crippen LogP) is 4.43. The van der Waals surface area contributed by atoms with Crippen LogP contribution in [0.4, 0.5) is 17.1 Å². The number of pyridine rings is 1. The van der Waals surface area contributed by atoms with Crippen molar-refractivity contribution in [3.8, 4) is 11.5 Å². The first-order chi connectivity index (χ1) is 14.1. The molecular weight excluding hydrogens is 366 g/mol. The Bertz CT molecular complexity index is 1050. The van der Waals surface area contributed by atoms with Crippen molar-refractivity contribution in [3.63, 3.8) is 0 Å². The lowest BCUT2D eigenvalue weighted by Gasteiger charge is -2.25. The molecule has 1 amide bonds. The Hall–Kier alpha value is -3.54. The maximum absolute atomic E-state index is 12.9. The highest BCUT2D eigenvalue weighted by molar-refractivity contribution is 6.04. The molecule has 3 aromatic rings. The molecule has 6 heteroatoms. The number of benzene rings is 2. The van der Waals surface area contributed by atoms with Gasteiger partial charge in [0.1, 0.15) is 17.2 Å². The molecule has 1 atom stereocenters. The van der Waals surface area contributed by atoms with E-state index in [1.165, 1.54) is 11.3 Å². The number of hydrogen-bond acceptors (Lipinski definition) is 5. The van der Waals surface area contributed by atoms with E-state index >= 15 is 0 Å². The summed E-state index contributed by atoms with van der Waals surface area (Å²) < 4.78 is 10.6. The summed E-state index contributed by atoms with van der Waals surface area (Å²) in [6.07, 6.45) is 2.64. The number of para-hydroxylation sites is 1. The minimum Gasteiger partial charge on any atom is -0.497 e. The topological polar surface area (TPSA) is 63.7 Å². The molecule has 0 aliphatic carbocycles. The van der Waals surface area contributed by atoms with Gasteiger partial charge in [0.25, 0.3) is 5.91 Å². The number of amides is 1. The maximum atomic E-state index is 12.9. The number of methoxy groups -OCH3 is 2. The van der Waals surface area contributed by atoms with Crippen LogP contribution in [0.25, 0.3) is 0 Å². The Morgan fingerprint density at radius 1 is 1.10 bits per heavy atom. The average Bonchev–Trinajstić information content (AvgIpc) is 3.09. The van der Waals surface area contributed by atoms with Gasteiger partial charge in [0.2, 0.25) is 0 Å². The van der Waals surface area contributed by atoms with Crippen LogP contribution in [0.3, 0.4) is 0 Å². The largest absolute Gasteiger partial charge is 0.497 e. The molecule has 1 N–H and O–H groups in total. The Labute approximate surface area is 170 Å². The van der Waals surface area contributed by atoms with Gasteiger partial charge in [-0.25, -0.2) is 0 Å². The van der Waals surface area contributed by atoms with Crippen LogP contribution in [0, 0.1) is 0 Å². The Kier molecular flexibility index (Phi) is 5.08.